The maximum atomic E-state index is 14.4. The van der Waals surface area contributed by atoms with Gasteiger partial charge in [-0.05, 0) is 75.3 Å². The van der Waals surface area contributed by atoms with Crippen LogP contribution in [-0.2, 0) is 11.3 Å². The van der Waals surface area contributed by atoms with E-state index < -0.39 is 24.5 Å². The fourth-order valence-corrected chi connectivity index (χ4v) is 5.69. The van der Waals surface area contributed by atoms with E-state index in [2.05, 4.69) is 14.5 Å². The molecule has 0 N–H and O–H groups in total. The summed E-state index contributed by atoms with van der Waals surface area (Å²) >= 11 is 0. The Morgan fingerprint density at radius 2 is 1.50 bits per heavy atom. The first-order chi connectivity index (χ1) is 16.9. The quantitative estimate of drug-likeness (QED) is 0.461. The number of hydrogen-bond donors (Lipinski definition) is 0. The van der Waals surface area contributed by atoms with Crippen LogP contribution in [0.15, 0.2) is 18.2 Å². The van der Waals surface area contributed by atoms with E-state index in [0.717, 1.165) is 67.9 Å². The minimum atomic E-state index is -5.74. The molecule has 0 radical (unpaired) electrons. The van der Waals surface area contributed by atoms with Crippen molar-refractivity contribution >= 4 is 11.8 Å². The number of benzene rings is 1. The first kappa shape index (κ1) is 26.8. The monoisotopic (exact) mass is 525 g/mol. The van der Waals surface area contributed by atoms with Crippen molar-refractivity contribution in [3.05, 3.63) is 29.6 Å². The number of nitrogens with zero attached hydrogens (tertiary/aromatic N) is 3. The van der Waals surface area contributed by atoms with Crippen molar-refractivity contribution in [2.24, 2.45) is 0 Å². The van der Waals surface area contributed by atoms with Gasteiger partial charge < -0.3 is 14.5 Å². The Hall–Kier alpha value is -2.24. The van der Waals surface area contributed by atoms with Crippen LogP contribution >= 0.6 is 0 Å². The molecule has 0 aliphatic carbocycles. The molecule has 3 fully saturated rings. The van der Waals surface area contributed by atoms with E-state index in [-0.39, 0.29) is 24.4 Å². The highest BCUT2D eigenvalue weighted by molar-refractivity contribution is 5.68. The molecule has 1 amide bonds. The van der Waals surface area contributed by atoms with Crippen LogP contribution in [0.2, 0.25) is 0 Å². The Bertz CT molecular complexity index is 909. The summed E-state index contributed by atoms with van der Waals surface area (Å²) in [6, 6.07) is 5.02. The molecule has 0 aromatic heterocycles. The van der Waals surface area contributed by atoms with Gasteiger partial charge in [0.25, 0.3) is 6.10 Å². The van der Waals surface area contributed by atoms with Gasteiger partial charge in [-0.1, -0.05) is 0 Å². The normalized spacial score (nSPS) is 21.4. The van der Waals surface area contributed by atoms with Crippen LogP contribution in [0.25, 0.3) is 0 Å². The SMILES string of the molecule is O=C(OC(C(F)(F)F)C(F)(F)F)N1CCC2(CCCN2Cc2cc(F)cc(N3CCCCC3)c2)CC1. The fourth-order valence-electron chi connectivity index (χ4n) is 5.69. The van der Waals surface area contributed by atoms with Gasteiger partial charge in [-0.3, -0.25) is 4.90 Å². The average Bonchev–Trinajstić information content (AvgIpc) is 3.17. The molecule has 4 rings (SSSR count). The minimum absolute atomic E-state index is 0.0139. The second-order valence-electron chi connectivity index (χ2n) is 9.95. The topological polar surface area (TPSA) is 36.0 Å². The van der Waals surface area contributed by atoms with Crippen molar-refractivity contribution in [2.45, 2.75) is 75.5 Å². The summed E-state index contributed by atoms with van der Waals surface area (Å²) in [5, 5.41) is 0. The Balaban J connectivity index is 1.40. The maximum Gasteiger partial charge on any atom is 0.434 e. The van der Waals surface area contributed by atoms with Crippen LogP contribution in [0, 0.1) is 5.82 Å². The van der Waals surface area contributed by atoms with Crippen LogP contribution in [0.3, 0.4) is 0 Å². The fraction of sp³-hybridized carbons (Fsp3) is 0.708. The number of hydrogen-bond acceptors (Lipinski definition) is 4. The lowest BCUT2D eigenvalue weighted by atomic mass is 9.85. The van der Waals surface area contributed by atoms with Crippen LogP contribution < -0.4 is 4.90 Å². The summed E-state index contributed by atoms with van der Waals surface area (Å²) in [5.41, 5.74) is 1.32. The van der Waals surface area contributed by atoms with E-state index >= 15 is 0 Å². The zero-order chi connectivity index (χ0) is 26.1. The Kier molecular flexibility index (Phi) is 7.64. The number of anilines is 1. The number of carbonyl (C=O) groups excluding carboxylic acids is 1. The lowest BCUT2D eigenvalue weighted by Gasteiger charge is -2.45. The molecule has 3 aliphatic heterocycles. The number of likely N-dealkylation sites (tertiary alicyclic amines) is 2. The summed E-state index contributed by atoms with van der Waals surface area (Å²) in [6.45, 7) is 2.95. The second-order valence-corrected chi connectivity index (χ2v) is 9.95. The first-order valence-corrected chi connectivity index (χ1v) is 12.3. The van der Waals surface area contributed by atoms with Gasteiger partial charge in [0.2, 0.25) is 0 Å². The second kappa shape index (κ2) is 10.3. The number of carbonyl (C=O) groups is 1. The van der Waals surface area contributed by atoms with Gasteiger partial charge in [0.15, 0.2) is 0 Å². The van der Waals surface area contributed by atoms with Crippen LogP contribution in [-0.4, -0.2) is 72.6 Å². The van der Waals surface area contributed by atoms with E-state index in [1.54, 1.807) is 0 Å². The highest BCUT2D eigenvalue weighted by Gasteiger charge is 2.60. The van der Waals surface area contributed by atoms with E-state index in [9.17, 15) is 35.5 Å². The molecule has 1 spiro atoms. The highest BCUT2D eigenvalue weighted by atomic mass is 19.4. The van der Waals surface area contributed by atoms with Crippen molar-refractivity contribution in [2.75, 3.05) is 37.6 Å². The third kappa shape index (κ3) is 6.00. The molecule has 3 heterocycles. The third-order valence-corrected chi connectivity index (χ3v) is 7.54. The van der Waals surface area contributed by atoms with E-state index in [1.807, 2.05) is 6.07 Å². The van der Waals surface area contributed by atoms with E-state index in [0.29, 0.717) is 19.4 Å². The zero-order valence-electron chi connectivity index (χ0n) is 19.8. The molecular weight excluding hydrogens is 495 g/mol. The molecule has 0 bridgehead atoms. The first-order valence-electron chi connectivity index (χ1n) is 12.3. The summed E-state index contributed by atoms with van der Waals surface area (Å²) in [6.07, 6.45) is -11.6. The number of ether oxygens (including phenoxy) is 1. The summed E-state index contributed by atoms with van der Waals surface area (Å²) in [4.78, 5) is 17.4. The highest BCUT2D eigenvalue weighted by Crippen LogP contribution is 2.41. The van der Waals surface area contributed by atoms with Gasteiger partial charge in [0.05, 0.1) is 0 Å². The van der Waals surface area contributed by atoms with Crippen LogP contribution in [0.4, 0.5) is 41.2 Å². The smallest absolute Gasteiger partial charge is 0.426 e. The van der Waals surface area contributed by atoms with Crippen molar-refractivity contribution in [3.63, 3.8) is 0 Å². The van der Waals surface area contributed by atoms with Gasteiger partial charge in [-0.15, -0.1) is 0 Å². The summed E-state index contributed by atoms with van der Waals surface area (Å²) in [5.74, 6) is -0.317. The van der Waals surface area contributed by atoms with Gasteiger partial charge in [0.1, 0.15) is 5.82 Å². The van der Waals surface area contributed by atoms with E-state index in [1.165, 1.54) is 12.1 Å². The van der Waals surface area contributed by atoms with Crippen molar-refractivity contribution in [3.8, 4) is 0 Å². The Labute approximate surface area is 205 Å². The van der Waals surface area contributed by atoms with Gasteiger partial charge in [-0.25, -0.2) is 9.18 Å². The molecule has 1 aromatic rings. The lowest BCUT2D eigenvalue weighted by Crippen LogP contribution is -2.54. The predicted molar refractivity (Wildman–Crippen MR) is 118 cm³/mol. The molecule has 3 aliphatic rings. The third-order valence-electron chi connectivity index (χ3n) is 7.54. The standard InChI is InChI=1S/C24H30F7N3O2/c25-18-13-17(14-19(15-18)32-8-2-1-3-9-32)16-34-10-4-5-22(34)6-11-33(12-7-22)21(35)36-20(23(26,27)28)24(29,30)31/h13-15,20H,1-12,16H2. The molecular formula is C24H30F7N3O2. The number of alkyl halides is 6. The molecule has 0 saturated carbocycles. The molecule has 0 unspecified atom stereocenters. The van der Waals surface area contributed by atoms with E-state index in [4.69, 9.17) is 0 Å². The molecule has 0 atom stereocenters. The molecule has 36 heavy (non-hydrogen) atoms. The summed E-state index contributed by atoms with van der Waals surface area (Å²) in [7, 11) is 0. The minimum Gasteiger partial charge on any atom is -0.426 e. The lowest BCUT2D eigenvalue weighted by molar-refractivity contribution is -0.308. The molecule has 1 aromatic carbocycles. The number of piperidine rings is 2. The molecule has 5 nitrogen and oxygen atoms in total. The Morgan fingerprint density at radius 1 is 0.861 bits per heavy atom. The van der Waals surface area contributed by atoms with Crippen molar-refractivity contribution in [1.29, 1.82) is 0 Å². The molecule has 12 heteroatoms. The van der Waals surface area contributed by atoms with Crippen LogP contribution in [0.1, 0.15) is 50.5 Å². The number of amides is 1. The van der Waals surface area contributed by atoms with Crippen LogP contribution in [0.5, 0.6) is 0 Å². The number of rotatable bonds is 4. The average molecular weight is 526 g/mol. The Morgan fingerprint density at radius 3 is 2.11 bits per heavy atom. The zero-order valence-corrected chi connectivity index (χ0v) is 19.8. The predicted octanol–water partition coefficient (Wildman–Crippen LogP) is 5.88. The van der Waals surface area contributed by atoms with Crippen molar-refractivity contribution < 1.29 is 40.3 Å². The van der Waals surface area contributed by atoms with Crippen molar-refractivity contribution in [1.82, 2.24) is 9.80 Å². The molecule has 202 valence electrons. The largest absolute Gasteiger partial charge is 0.434 e. The van der Waals surface area contributed by atoms with Gasteiger partial charge >= 0.3 is 18.4 Å². The number of halogens is 7. The van der Waals surface area contributed by atoms with Gasteiger partial charge in [-0.2, -0.15) is 26.3 Å². The maximum absolute atomic E-state index is 14.4. The summed E-state index contributed by atoms with van der Waals surface area (Å²) < 4.78 is 94.9. The molecule has 3 saturated heterocycles. The van der Waals surface area contributed by atoms with Gasteiger partial charge in [0, 0.05) is 44.0 Å².